The summed E-state index contributed by atoms with van der Waals surface area (Å²) in [5, 5.41) is 2.88. The molecule has 1 amide bonds. The van der Waals surface area contributed by atoms with Crippen LogP contribution in [-0.4, -0.2) is 32.0 Å². The standard InChI is InChI=1S/C22H16FN5O2/c23-14-5-3-4-13-12(8-9-30-20(13)14)18-19-16(26-21(18)29)10-24-22(27-19)28-11-25-15-6-1-2-7-17(15)28/h1-7,10-12,18H,8-9H2,(H,26,29)/t12-,18?/m1/s1. The van der Waals surface area contributed by atoms with Crippen LogP contribution in [0.2, 0.25) is 0 Å². The first-order valence-corrected chi connectivity index (χ1v) is 9.72. The molecule has 2 aliphatic rings. The molecule has 1 unspecified atom stereocenters. The highest BCUT2D eigenvalue weighted by molar-refractivity contribution is 6.02. The molecule has 2 aliphatic heterocycles. The van der Waals surface area contributed by atoms with Crippen LogP contribution >= 0.6 is 0 Å². The van der Waals surface area contributed by atoms with Crippen LogP contribution in [0.4, 0.5) is 10.1 Å². The van der Waals surface area contributed by atoms with Gasteiger partial charge in [0.15, 0.2) is 11.6 Å². The number of nitrogens with one attached hydrogen (secondary N) is 1. The molecule has 7 nitrogen and oxygen atoms in total. The first kappa shape index (κ1) is 17.1. The second kappa shape index (κ2) is 6.35. The van der Waals surface area contributed by atoms with Gasteiger partial charge in [-0.25, -0.2) is 19.3 Å². The Kier molecular flexibility index (Phi) is 3.61. The number of nitrogens with zero attached hydrogens (tertiary/aromatic N) is 4. The maximum Gasteiger partial charge on any atom is 0.235 e. The van der Waals surface area contributed by atoms with Gasteiger partial charge in [-0.15, -0.1) is 0 Å². The normalized spacial score (nSPS) is 19.8. The van der Waals surface area contributed by atoms with E-state index in [0.717, 1.165) is 11.0 Å². The third-order valence-electron chi connectivity index (χ3n) is 5.78. The Hall–Kier alpha value is -3.81. The van der Waals surface area contributed by atoms with E-state index in [9.17, 15) is 9.18 Å². The van der Waals surface area contributed by atoms with Crippen molar-refractivity contribution >= 4 is 22.6 Å². The van der Waals surface area contributed by atoms with Crippen LogP contribution in [0, 0.1) is 5.82 Å². The zero-order valence-electron chi connectivity index (χ0n) is 15.7. The molecule has 2 aromatic heterocycles. The summed E-state index contributed by atoms with van der Waals surface area (Å²) in [4.78, 5) is 26.5. The van der Waals surface area contributed by atoms with Gasteiger partial charge in [0.2, 0.25) is 11.9 Å². The summed E-state index contributed by atoms with van der Waals surface area (Å²) in [5.74, 6) is -0.674. The van der Waals surface area contributed by atoms with E-state index in [-0.39, 0.29) is 17.6 Å². The molecule has 0 bridgehead atoms. The summed E-state index contributed by atoms with van der Waals surface area (Å²) in [6.07, 6.45) is 3.89. The number of halogens is 1. The average Bonchev–Trinajstić information content (AvgIpc) is 3.33. The number of amides is 1. The molecule has 148 valence electrons. The van der Waals surface area contributed by atoms with Crippen LogP contribution in [-0.2, 0) is 4.79 Å². The molecule has 8 heteroatoms. The topological polar surface area (TPSA) is 81.9 Å². The fraction of sp³-hybridized carbons (Fsp3) is 0.182. The van der Waals surface area contributed by atoms with Crippen LogP contribution in [0.1, 0.15) is 29.5 Å². The van der Waals surface area contributed by atoms with Gasteiger partial charge in [0.1, 0.15) is 6.33 Å². The molecule has 0 fully saturated rings. The van der Waals surface area contributed by atoms with Crippen molar-refractivity contribution in [3.8, 4) is 11.7 Å². The number of fused-ring (bicyclic) bond motifs is 3. The number of para-hydroxylation sites is 3. The number of carbonyl (C=O) groups excluding carboxylic acids is 1. The maximum atomic E-state index is 14.3. The van der Waals surface area contributed by atoms with E-state index < -0.39 is 11.7 Å². The van der Waals surface area contributed by atoms with Crippen LogP contribution < -0.4 is 10.1 Å². The minimum Gasteiger partial charge on any atom is -0.490 e. The van der Waals surface area contributed by atoms with Gasteiger partial charge in [0, 0.05) is 11.5 Å². The van der Waals surface area contributed by atoms with Crippen LogP contribution in [0.25, 0.3) is 17.0 Å². The van der Waals surface area contributed by atoms with Crippen molar-refractivity contribution in [3.63, 3.8) is 0 Å². The van der Waals surface area contributed by atoms with Crippen molar-refractivity contribution < 1.29 is 13.9 Å². The number of hydrogen-bond acceptors (Lipinski definition) is 5. The monoisotopic (exact) mass is 401 g/mol. The van der Waals surface area contributed by atoms with Crippen LogP contribution in [0.5, 0.6) is 5.75 Å². The molecule has 4 heterocycles. The lowest BCUT2D eigenvalue weighted by molar-refractivity contribution is -0.117. The van der Waals surface area contributed by atoms with Gasteiger partial charge < -0.3 is 10.1 Å². The summed E-state index contributed by atoms with van der Waals surface area (Å²) < 4.78 is 21.6. The molecule has 6 rings (SSSR count). The Morgan fingerprint density at radius 1 is 1.13 bits per heavy atom. The van der Waals surface area contributed by atoms with Crippen molar-refractivity contribution in [1.82, 2.24) is 19.5 Å². The number of rotatable bonds is 2. The Bertz CT molecular complexity index is 1320. The number of anilines is 1. The predicted octanol–water partition coefficient (Wildman–Crippen LogP) is 3.56. The SMILES string of the molecule is O=C1Nc2cnc(-n3cnc4ccccc43)nc2C1[C@@H]1CCOc2c(F)cccc21. The minimum atomic E-state index is -0.541. The summed E-state index contributed by atoms with van der Waals surface area (Å²) in [5.41, 5.74) is 3.61. The Morgan fingerprint density at radius 2 is 2.03 bits per heavy atom. The van der Waals surface area contributed by atoms with Gasteiger partial charge >= 0.3 is 0 Å². The average molecular weight is 401 g/mol. The number of aromatic nitrogens is 4. The molecule has 0 spiro atoms. The van der Waals surface area contributed by atoms with Crippen molar-refractivity contribution in [3.05, 3.63) is 72.1 Å². The zero-order valence-corrected chi connectivity index (χ0v) is 15.7. The van der Waals surface area contributed by atoms with Gasteiger partial charge in [-0.05, 0) is 24.6 Å². The predicted molar refractivity (Wildman–Crippen MR) is 107 cm³/mol. The number of benzene rings is 2. The first-order valence-electron chi connectivity index (χ1n) is 9.72. The summed E-state index contributed by atoms with van der Waals surface area (Å²) in [6, 6.07) is 12.5. The Balaban J connectivity index is 1.47. The number of hydrogen-bond donors (Lipinski definition) is 1. The largest absolute Gasteiger partial charge is 0.490 e. The van der Waals surface area contributed by atoms with E-state index in [1.165, 1.54) is 6.07 Å². The van der Waals surface area contributed by atoms with Crippen molar-refractivity contribution in [1.29, 1.82) is 0 Å². The molecule has 2 aromatic carbocycles. The van der Waals surface area contributed by atoms with Crippen molar-refractivity contribution in [2.75, 3.05) is 11.9 Å². The molecule has 0 saturated carbocycles. The molecular weight excluding hydrogens is 385 g/mol. The van der Waals surface area contributed by atoms with Gasteiger partial charge in [0.25, 0.3) is 0 Å². The van der Waals surface area contributed by atoms with E-state index >= 15 is 0 Å². The van der Waals surface area contributed by atoms with Crippen molar-refractivity contribution in [2.45, 2.75) is 18.3 Å². The minimum absolute atomic E-state index is 0.158. The van der Waals surface area contributed by atoms with Crippen molar-refractivity contribution in [2.24, 2.45) is 0 Å². The zero-order chi connectivity index (χ0) is 20.2. The molecule has 0 saturated heterocycles. The summed E-state index contributed by atoms with van der Waals surface area (Å²) >= 11 is 0. The van der Waals surface area contributed by atoms with E-state index in [4.69, 9.17) is 9.72 Å². The lowest BCUT2D eigenvalue weighted by Crippen LogP contribution is -2.25. The second-order valence-corrected chi connectivity index (χ2v) is 7.44. The maximum absolute atomic E-state index is 14.3. The van der Waals surface area contributed by atoms with Gasteiger partial charge in [0.05, 0.1) is 41.1 Å². The number of ether oxygens (including phenoxy) is 1. The van der Waals surface area contributed by atoms with Crippen LogP contribution in [0.3, 0.4) is 0 Å². The fourth-order valence-electron chi connectivity index (χ4n) is 4.42. The highest BCUT2D eigenvalue weighted by Gasteiger charge is 2.42. The highest BCUT2D eigenvalue weighted by Crippen LogP contribution is 2.47. The quantitative estimate of drug-likeness (QED) is 0.555. The molecule has 0 aliphatic carbocycles. The fourth-order valence-corrected chi connectivity index (χ4v) is 4.42. The first-order chi connectivity index (χ1) is 14.7. The van der Waals surface area contributed by atoms with Crippen LogP contribution in [0.15, 0.2) is 55.0 Å². The summed E-state index contributed by atoms with van der Waals surface area (Å²) in [7, 11) is 0. The van der Waals surface area contributed by atoms with E-state index in [0.29, 0.717) is 35.9 Å². The van der Waals surface area contributed by atoms with E-state index in [1.807, 2.05) is 30.3 Å². The second-order valence-electron chi connectivity index (χ2n) is 7.44. The van der Waals surface area contributed by atoms with Gasteiger partial charge in [-0.1, -0.05) is 24.3 Å². The Morgan fingerprint density at radius 3 is 2.97 bits per heavy atom. The highest BCUT2D eigenvalue weighted by atomic mass is 19.1. The lowest BCUT2D eigenvalue weighted by atomic mass is 9.80. The Labute approximate surface area is 170 Å². The molecule has 1 N–H and O–H groups in total. The molecule has 2 atom stereocenters. The third-order valence-corrected chi connectivity index (χ3v) is 5.78. The molecular formula is C22H16FN5O2. The molecule has 0 radical (unpaired) electrons. The number of carbonyl (C=O) groups is 1. The van der Waals surface area contributed by atoms with E-state index in [1.54, 1.807) is 23.2 Å². The van der Waals surface area contributed by atoms with Gasteiger partial charge in [-0.3, -0.25) is 9.36 Å². The van der Waals surface area contributed by atoms with E-state index in [2.05, 4.69) is 15.3 Å². The smallest absolute Gasteiger partial charge is 0.235 e. The molecule has 30 heavy (non-hydrogen) atoms. The molecule has 4 aromatic rings. The summed E-state index contributed by atoms with van der Waals surface area (Å²) in [6.45, 7) is 0.349. The number of imidazole rings is 1. The third kappa shape index (κ3) is 2.43. The lowest BCUT2D eigenvalue weighted by Gasteiger charge is -2.29. The van der Waals surface area contributed by atoms with Gasteiger partial charge in [-0.2, -0.15) is 0 Å².